The number of likely N-dealkylation sites (tertiary alicyclic amines) is 1. The number of likely N-dealkylation sites (N-methyl/N-ethyl adjacent to an activating group) is 1. The second-order valence-corrected chi connectivity index (χ2v) is 7.11. The highest BCUT2D eigenvalue weighted by atomic mass is 16.5. The number of nitrogens with one attached hydrogen (secondary N) is 2. The van der Waals surface area contributed by atoms with E-state index >= 15 is 0 Å². The third kappa shape index (κ3) is 2.81. The van der Waals surface area contributed by atoms with Crippen LogP contribution in [0.25, 0.3) is 11.0 Å². The maximum atomic E-state index is 5.60. The lowest BCUT2D eigenvalue weighted by molar-refractivity contribution is 0.104. The molecule has 0 aromatic carbocycles. The van der Waals surface area contributed by atoms with Gasteiger partial charge in [-0.2, -0.15) is 9.97 Å². The van der Waals surface area contributed by atoms with Crippen LogP contribution in [0.4, 0.5) is 11.8 Å². The zero-order valence-corrected chi connectivity index (χ0v) is 15.4. The van der Waals surface area contributed by atoms with Gasteiger partial charge in [-0.15, -0.1) is 0 Å². The number of pyridine rings is 1. The van der Waals surface area contributed by atoms with Crippen molar-refractivity contribution >= 4 is 22.8 Å². The van der Waals surface area contributed by atoms with Crippen molar-refractivity contribution in [3.05, 3.63) is 16.8 Å². The zero-order chi connectivity index (χ0) is 17.6. The molecule has 7 nitrogen and oxygen atoms in total. The maximum absolute atomic E-state index is 5.60. The molecule has 3 heterocycles. The third-order valence-corrected chi connectivity index (χ3v) is 5.45. The first-order valence-electron chi connectivity index (χ1n) is 8.96. The molecule has 1 aliphatic heterocycles. The van der Waals surface area contributed by atoms with Crippen LogP contribution in [-0.2, 0) is 17.6 Å². The smallest absolute Gasteiger partial charge is 0.227 e. The lowest BCUT2D eigenvalue weighted by Gasteiger charge is -2.19. The number of hydrogen-bond acceptors (Lipinski definition) is 7. The first-order chi connectivity index (χ1) is 12.1. The summed E-state index contributed by atoms with van der Waals surface area (Å²) in [5.74, 6) is 1.46. The van der Waals surface area contributed by atoms with E-state index in [4.69, 9.17) is 19.7 Å². The molecule has 1 aliphatic carbocycles. The van der Waals surface area contributed by atoms with Crippen LogP contribution >= 0.6 is 0 Å². The predicted octanol–water partition coefficient (Wildman–Crippen LogP) is 1.60. The quantitative estimate of drug-likeness (QED) is 0.874. The Balaban J connectivity index is 1.75. The molecule has 25 heavy (non-hydrogen) atoms. The van der Waals surface area contributed by atoms with Crippen molar-refractivity contribution in [2.45, 2.75) is 38.3 Å². The fourth-order valence-corrected chi connectivity index (χ4v) is 4.16. The summed E-state index contributed by atoms with van der Waals surface area (Å²) >= 11 is 0. The number of anilines is 2. The Morgan fingerprint density at radius 1 is 1.16 bits per heavy atom. The number of nitrogens with zero attached hydrogens (tertiary/aromatic N) is 4. The Bertz CT molecular complexity index is 808. The number of aromatic nitrogens is 3. The van der Waals surface area contributed by atoms with Gasteiger partial charge in [0.15, 0.2) is 5.65 Å². The molecular formula is C18H26N6O. The molecule has 134 valence electrons. The topological polar surface area (TPSA) is 75.2 Å². The van der Waals surface area contributed by atoms with Crippen molar-refractivity contribution in [3.8, 4) is 0 Å². The monoisotopic (exact) mass is 342 g/mol. The number of aryl methyl sites for hydroxylation is 2. The molecule has 0 amide bonds. The van der Waals surface area contributed by atoms with Crippen molar-refractivity contribution in [3.63, 3.8) is 0 Å². The molecule has 2 aromatic rings. The van der Waals surface area contributed by atoms with Gasteiger partial charge in [-0.3, -0.25) is 0 Å². The Hall–Kier alpha value is -1.99. The van der Waals surface area contributed by atoms with Crippen LogP contribution in [0.15, 0.2) is 0 Å². The summed E-state index contributed by atoms with van der Waals surface area (Å²) in [6.07, 6.45) is 3.47. The lowest BCUT2D eigenvalue weighted by Crippen LogP contribution is -2.34. The molecule has 0 saturated carbocycles. The van der Waals surface area contributed by atoms with E-state index in [2.05, 4.69) is 29.5 Å². The van der Waals surface area contributed by atoms with Gasteiger partial charge in [-0.25, -0.2) is 4.98 Å². The lowest BCUT2D eigenvalue weighted by atomic mass is 10.1. The molecule has 4 rings (SSSR count). The summed E-state index contributed by atoms with van der Waals surface area (Å²) < 4.78 is 5.60. The van der Waals surface area contributed by atoms with E-state index in [0.717, 1.165) is 42.8 Å². The van der Waals surface area contributed by atoms with Gasteiger partial charge in [0.05, 0.1) is 17.5 Å². The molecule has 1 saturated heterocycles. The summed E-state index contributed by atoms with van der Waals surface area (Å²) in [6.45, 7) is 3.98. The van der Waals surface area contributed by atoms with E-state index < -0.39 is 0 Å². The number of rotatable bonds is 4. The van der Waals surface area contributed by atoms with E-state index in [1.54, 1.807) is 7.11 Å². The van der Waals surface area contributed by atoms with Crippen molar-refractivity contribution in [1.82, 2.24) is 19.9 Å². The molecule has 0 radical (unpaired) electrons. The van der Waals surface area contributed by atoms with Crippen LogP contribution in [0, 0.1) is 6.92 Å². The van der Waals surface area contributed by atoms with Gasteiger partial charge >= 0.3 is 0 Å². The number of hydrogen-bond donors (Lipinski definition) is 2. The van der Waals surface area contributed by atoms with E-state index in [1.807, 2.05) is 7.05 Å². The van der Waals surface area contributed by atoms with Gasteiger partial charge in [0.2, 0.25) is 5.95 Å². The normalized spacial score (nSPS) is 23.2. The maximum Gasteiger partial charge on any atom is 0.227 e. The van der Waals surface area contributed by atoms with Crippen LogP contribution in [0.3, 0.4) is 0 Å². The standard InChI is InChI=1S/C18H26N6O/c1-10-11-6-5-7-12(11)20-17-15(10)16(19-2)22-18(23-17)21-13-8-24(3)9-14(13)25-4/h13-14H,5-9H2,1-4H3,(H2,19,20,21,22,23). The van der Waals surface area contributed by atoms with Gasteiger partial charge in [-0.1, -0.05) is 0 Å². The second kappa shape index (κ2) is 6.38. The molecular weight excluding hydrogens is 316 g/mol. The second-order valence-electron chi connectivity index (χ2n) is 7.11. The van der Waals surface area contributed by atoms with Crippen LogP contribution in [0.2, 0.25) is 0 Å². The first-order valence-corrected chi connectivity index (χ1v) is 8.96. The highest BCUT2D eigenvalue weighted by Gasteiger charge is 2.31. The Kier molecular flexibility index (Phi) is 4.21. The van der Waals surface area contributed by atoms with Gasteiger partial charge in [0, 0.05) is 32.9 Å². The highest BCUT2D eigenvalue weighted by Crippen LogP contribution is 2.32. The Morgan fingerprint density at radius 2 is 2.00 bits per heavy atom. The molecule has 2 unspecified atom stereocenters. The largest absolute Gasteiger partial charge is 0.378 e. The highest BCUT2D eigenvalue weighted by molar-refractivity contribution is 5.91. The molecule has 2 atom stereocenters. The third-order valence-electron chi connectivity index (χ3n) is 5.45. The van der Waals surface area contributed by atoms with Gasteiger partial charge in [-0.05, 0) is 44.4 Å². The minimum atomic E-state index is 0.136. The van der Waals surface area contributed by atoms with Gasteiger partial charge < -0.3 is 20.3 Å². The molecule has 2 aliphatic rings. The van der Waals surface area contributed by atoms with Crippen molar-refractivity contribution < 1.29 is 4.74 Å². The van der Waals surface area contributed by atoms with Crippen LogP contribution in [-0.4, -0.2) is 66.3 Å². The van der Waals surface area contributed by atoms with E-state index in [0.29, 0.717) is 5.95 Å². The molecule has 2 aromatic heterocycles. The summed E-state index contributed by atoms with van der Waals surface area (Å²) in [5, 5.41) is 7.73. The summed E-state index contributed by atoms with van der Waals surface area (Å²) in [4.78, 5) is 16.5. The first kappa shape index (κ1) is 16.5. The minimum Gasteiger partial charge on any atom is -0.378 e. The molecule has 2 N–H and O–H groups in total. The fraction of sp³-hybridized carbons (Fsp3) is 0.611. The zero-order valence-electron chi connectivity index (χ0n) is 15.4. The summed E-state index contributed by atoms with van der Waals surface area (Å²) in [5.41, 5.74) is 4.63. The number of ether oxygens (including phenoxy) is 1. The average molecular weight is 342 g/mol. The Morgan fingerprint density at radius 3 is 2.76 bits per heavy atom. The number of fused-ring (bicyclic) bond motifs is 2. The fourth-order valence-electron chi connectivity index (χ4n) is 4.16. The van der Waals surface area contributed by atoms with E-state index in [-0.39, 0.29) is 12.1 Å². The van der Waals surface area contributed by atoms with Crippen LogP contribution in [0.1, 0.15) is 23.2 Å². The molecule has 1 fully saturated rings. The summed E-state index contributed by atoms with van der Waals surface area (Å²) in [7, 11) is 5.76. The van der Waals surface area contributed by atoms with Crippen LogP contribution < -0.4 is 10.6 Å². The van der Waals surface area contributed by atoms with E-state index in [9.17, 15) is 0 Å². The Labute approximate surface area is 148 Å². The summed E-state index contributed by atoms with van der Waals surface area (Å²) in [6, 6.07) is 0.174. The number of methoxy groups -OCH3 is 1. The van der Waals surface area contributed by atoms with E-state index in [1.165, 1.54) is 23.2 Å². The van der Waals surface area contributed by atoms with Crippen LogP contribution in [0.5, 0.6) is 0 Å². The molecule has 0 spiro atoms. The molecule has 7 heteroatoms. The minimum absolute atomic E-state index is 0.136. The average Bonchev–Trinajstić information content (AvgIpc) is 3.20. The van der Waals surface area contributed by atoms with Crippen molar-refractivity contribution in [2.24, 2.45) is 0 Å². The van der Waals surface area contributed by atoms with Crippen molar-refractivity contribution in [2.75, 3.05) is 44.9 Å². The van der Waals surface area contributed by atoms with Crippen molar-refractivity contribution in [1.29, 1.82) is 0 Å². The van der Waals surface area contributed by atoms with Gasteiger partial charge in [0.25, 0.3) is 0 Å². The van der Waals surface area contributed by atoms with Gasteiger partial charge in [0.1, 0.15) is 5.82 Å². The molecule has 0 bridgehead atoms. The SMILES string of the molecule is CNc1nc(NC2CN(C)CC2OC)nc2nc3c(c(C)c12)CCC3. The predicted molar refractivity (Wildman–Crippen MR) is 99.3 cm³/mol.